The van der Waals surface area contributed by atoms with Gasteiger partial charge in [-0.05, 0) is 12.0 Å². The molecule has 0 saturated heterocycles. The molecule has 1 amide bonds. The van der Waals surface area contributed by atoms with Crippen molar-refractivity contribution >= 4 is 22.6 Å². The van der Waals surface area contributed by atoms with E-state index in [1.807, 2.05) is 30.3 Å². The van der Waals surface area contributed by atoms with Crippen LogP contribution in [0.1, 0.15) is 23.9 Å². The number of methoxy groups -OCH3 is 1. The number of aryl methyl sites for hydroxylation is 1. The molecule has 0 unspecified atom stereocenters. The first-order valence-electron chi connectivity index (χ1n) is 6.46. The van der Waals surface area contributed by atoms with E-state index in [0.29, 0.717) is 11.7 Å². The Morgan fingerprint density at radius 1 is 1.30 bits per heavy atom. The van der Waals surface area contributed by atoms with Gasteiger partial charge in [-0.3, -0.25) is 0 Å². The lowest BCUT2D eigenvalue weighted by Gasteiger charge is -2.17. The lowest BCUT2D eigenvalue weighted by molar-refractivity contribution is 0.178. The number of rotatable bonds is 5. The van der Waals surface area contributed by atoms with E-state index in [9.17, 15) is 4.79 Å². The maximum absolute atomic E-state index is 11.9. The number of aromatic nitrogens is 2. The van der Waals surface area contributed by atoms with E-state index in [2.05, 4.69) is 17.1 Å². The molecule has 6 heteroatoms. The normalized spacial score (nSPS) is 10.3. The molecule has 2 rings (SSSR count). The Labute approximate surface area is 122 Å². The molecule has 0 atom stereocenters. The minimum Gasteiger partial charge on any atom is -0.452 e. The Bertz CT molecular complexity index is 557. The number of benzene rings is 1. The fourth-order valence-corrected chi connectivity index (χ4v) is 2.68. The summed E-state index contributed by atoms with van der Waals surface area (Å²) in [6.45, 7) is 2.51. The molecule has 5 nitrogen and oxygen atoms in total. The van der Waals surface area contributed by atoms with Gasteiger partial charge in [0.1, 0.15) is 5.01 Å². The SMILES string of the molecule is CCCc1nnc(N(Cc2ccccc2)C(=O)OC)s1. The quantitative estimate of drug-likeness (QED) is 0.848. The van der Waals surface area contributed by atoms with Crippen LogP contribution >= 0.6 is 11.3 Å². The van der Waals surface area contributed by atoms with Crippen LogP contribution in [0.4, 0.5) is 9.93 Å². The van der Waals surface area contributed by atoms with Crippen molar-refractivity contribution in [3.8, 4) is 0 Å². The van der Waals surface area contributed by atoms with Crippen molar-refractivity contribution in [3.05, 3.63) is 40.9 Å². The predicted octanol–water partition coefficient (Wildman–Crippen LogP) is 3.26. The van der Waals surface area contributed by atoms with Crippen molar-refractivity contribution in [2.45, 2.75) is 26.3 Å². The Morgan fingerprint density at radius 2 is 2.05 bits per heavy atom. The lowest BCUT2D eigenvalue weighted by Crippen LogP contribution is -2.30. The van der Waals surface area contributed by atoms with Crippen LogP contribution in [0.2, 0.25) is 0 Å². The summed E-state index contributed by atoms with van der Waals surface area (Å²) in [6, 6.07) is 9.74. The van der Waals surface area contributed by atoms with Crippen LogP contribution in [0.3, 0.4) is 0 Å². The summed E-state index contributed by atoms with van der Waals surface area (Å²) in [6.07, 6.45) is 1.46. The minimum absolute atomic E-state index is 0.423. The first-order valence-corrected chi connectivity index (χ1v) is 7.28. The van der Waals surface area contributed by atoms with Crippen molar-refractivity contribution in [2.75, 3.05) is 12.0 Å². The Morgan fingerprint density at radius 3 is 2.70 bits per heavy atom. The third kappa shape index (κ3) is 3.54. The molecule has 0 aliphatic heterocycles. The van der Waals surface area contributed by atoms with Crippen LogP contribution in [0.25, 0.3) is 0 Å². The molecule has 0 N–H and O–H groups in total. The van der Waals surface area contributed by atoms with Gasteiger partial charge in [-0.1, -0.05) is 48.6 Å². The van der Waals surface area contributed by atoms with Gasteiger partial charge >= 0.3 is 6.09 Å². The molecule has 0 radical (unpaired) electrons. The number of nitrogens with zero attached hydrogens (tertiary/aromatic N) is 3. The minimum atomic E-state index is -0.423. The van der Waals surface area contributed by atoms with E-state index in [4.69, 9.17) is 4.74 Å². The second-order valence-electron chi connectivity index (χ2n) is 4.27. The first kappa shape index (κ1) is 14.5. The Balaban J connectivity index is 2.20. The Kier molecular flexibility index (Phi) is 5.06. The second-order valence-corrected chi connectivity index (χ2v) is 5.31. The standard InChI is InChI=1S/C14H17N3O2S/c1-3-7-12-15-16-13(20-12)17(14(18)19-2)10-11-8-5-4-6-9-11/h4-6,8-9H,3,7,10H2,1-2H3. The highest BCUT2D eigenvalue weighted by molar-refractivity contribution is 7.15. The van der Waals surface area contributed by atoms with E-state index in [0.717, 1.165) is 23.4 Å². The number of carbonyl (C=O) groups is 1. The fourth-order valence-electron chi connectivity index (χ4n) is 1.76. The van der Waals surface area contributed by atoms with Crippen molar-refractivity contribution in [1.29, 1.82) is 0 Å². The molecular formula is C14H17N3O2S. The summed E-state index contributed by atoms with van der Waals surface area (Å²) in [7, 11) is 1.37. The van der Waals surface area contributed by atoms with Gasteiger partial charge in [-0.15, -0.1) is 10.2 Å². The van der Waals surface area contributed by atoms with Crippen LogP contribution in [0.15, 0.2) is 30.3 Å². The molecule has 0 saturated carbocycles. The Hall–Kier alpha value is -1.95. The molecule has 0 fully saturated rings. The third-order valence-electron chi connectivity index (χ3n) is 2.73. The van der Waals surface area contributed by atoms with Gasteiger partial charge in [0.05, 0.1) is 13.7 Å². The molecule has 1 aromatic carbocycles. The van der Waals surface area contributed by atoms with Crippen LogP contribution in [0.5, 0.6) is 0 Å². The highest BCUT2D eigenvalue weighted by Gasteiger charge is 2.20. The van der Waals surface area contributed by atoms with E-state index in [1.54, 1.807) is 0 Å². The maximum atomic E-state index is 11.9. The average molecular weight is 291 g/mol. The van der Waals surface area contributed by atoms with Crippen LogP contribution in [-0.4, -0.2) is 23.4 Å². The van der Waals surface area contributed by atoms with Gasteiger partial charge in [-0.2, -0.15) is 0 Å². The monoisotopic (exact) mass is 291 g/mol. The van der Waals surface area contributed by atoms with E-state index >= 15 is 0 Å². The van der Waals surface area contributed by atoms with Crippen molar-refractivity contribution in [2.24, 2.45) is 0 Å². The van der Waals surface area contributed by atoms with Crippen molar-refractivity contribution in [3.63, 3.8) is 0 Å². The number of ether oxygens (including phenoxy) is 1. The summed E-state index contributed by atoms with van der Waals surface area (Å²) < 4.78 is 4.83. The van der Waals surface area contributed by atoms with Crippen LogP contribution in [0, 0.1) is 0 Å². The topological polar surface area (TPSA) is 55.3 Å². The van der Waals surface area contributed by atoms with Crippen LogP contribution < -0.4 is 4.90 Å². The molecule has 2 aromatic rings. The molecule has 1 heterocycles. The molecule has 0 aliphatic carbocycles. The largest absolute Gasteiger partial charge is 0.452 e. The van der Waals surface area contributed by atoms with Crippen molar-refractivity contribution in [1.82, 2.24) is 10.2 Å². The van der Waals surface area contributed by atoms with Gasteiger partial charge in [0.25, 0.3) is 0 Å². The van der Waals surface area contributed by atoms with Crippen molar-refractivity contribution < 1.29 is 9.53 Å². The van der Waals surface area contributed by atoms with E-state index in [1.165, 1.54) is 23.3 Å². The van der Waals surface area contributed by atoms with Crippen LogP contribution in [-0.2, 0) is 17.7 Å². The molecule has 0 aliphatic rings. The molecule has 1 aromatic heterocycles. The van der Waals surface area contributed by atoms with Gasteiger partial charge in [0.2, 0.25) is 5.13 Å². The van der Waals surface area contributed by atoms with Gasteiger partial charge in [0, 0.05) is 6.42 Å². The number of hydrogen-bond donors (Lipinski definition) is 0. The molecular weight excluding hydrogens is 274 g/mol. The molecule has 20 heavy (non-hydrogen) atoms. The predicted molar refractivity (Wildman–Crippen MR) is 78.9 cm³/mol. The smallest absolute Gasteiger partial charge is 0.416 e. The zero-order chi connectivity index (χ0) is 14.4. The summed E-state index contributed by atoms with van der Waals surface area (Å²) in [4.78, 5) is 13.4. The highest BCUT2D eigenvalue weighted by Crippen LogP contribution is 2.23. The number of anilines is 1. The number of hydrogen-bond acceptors (Lipinski definition) is 5. The zero-order valence-electron chi connectivity index (χ0n) is 11.6. The third-order valence-corrected chi connectivity index (χ3v) is 3.74. The first-order chi connectivity index (χ1) is 9.74. The van der Waals surface area contributed by atoms with Gasteiger partial charge in [-0.25, -0.2) is 9.69 Å². The van der Waals surface area contributed by atoms with E-state index in [-0.39, 0.29) is 0 Å². The molecule has 0 bridgehead atoms. The van der Waals surface area contributed by atoms with Gasteiger partial charge < -0.3 is 4.74 Å². The summed E-state index contributed by atoms with van der Waals surface area (Å²) in [5.74, 6) is 0. The molecule has 106 valence electrons. The summed E-state index contributed by atoms with van der Waals surface area (Å²) >= 11 is 1.43. The second kappa shape index (κ2) is 7.00. The molecule has 0 spiro atoms. The van der Waals surface area contributed by atoms with E-state index < -0.39 is 6.09 Å². The summed E-state index contributed by atoms with van der Waals surface area (Å²) in [5.41, 5.74) is 1.02. The lowest BCUT2D eigenvalue weighted by atomic mass is 10.2. The highest BCUT2D eigenvalue weighted by atomic mass is 32.1. The number of carbonyl (C=O) groups excluding carboxylic acids is 1. The maximum Gasteiger partial charge on any atom is 0.416 e. The number of amides is 1. The summed E-state index contributed by atoms with van der Waals surface area (Å²) in [5, 5.41) is 9.71. The average Bonchev–Trinajstić information content (AvgIpc) is 2.94. The fraction of sp³-hybridized carbons (Fsp3) is 0.357. The van der Waals surface area contributed by atoms with Gasteiger partial charge in [0.15, 0.2) is 0 Å². The zero-order valence-corrected chi connectivity index (χ0v) is 12.4.